The minimum atomic E-state index is -0.396. The second-order valence-corrected chi connectivity index (χ2v) is 3.91. The van der Waals surface area contributed by atoms with Gasteiger partial charge in [-0.25, -0.2) is 0 Å². The highest BCUT2D eigenvalue weighted by molar-refractivity contribution is 5.81. The van der Waals surface area contributed by atoms with E-state index in [9.17, 15) is 4.79 Å². The van der Waals surface area contributed by atoms with Crippen molar-refractivity contribution in [1.82, 2.24) is 10.2 Å². The van der Waals surface area contributed by atoms with Crippen LogP contribution in [0.3, 0.4) is 0 Å². The molecule has 1 heterocycles. The molecule has 0 radical (unpaired) electrons. The number of morpholine rings is 1. The van der Waals surface area contributed by atoms with Crippen molar-refractivity contribution in [2.45, 2.75) is 26.0 Å². The Balaban J connectivity index is 2.53. The van der Waals surface area contributed by atoms with Crippen molar-refractivity contribution < 1.29 is 14.6 Å². The fourth-order valence-corrected chi connectivity index (χ4v) is 1.64. The summed E-state index contributed by atoms with van der Waals surface area (Å²) in [5, 5.41) is 12.0. The third-order valence-electron chi connectivity index (χ3n) is 2.45. The van der Waals surface area contributed by atoms with Crippen LogP contribution < -0.4 is 5.32 Å². The summed E-state index contributed by atoms with van der Waals surface area (Å²) in [6, 6.07) is 0.0928. The van der Waals surface area contributed by atoms with Crippen LogP contribution in [0, 0.1) is 0 Å². The van der Waals surface area contributed by atoms with Crippen molar-refractivity contribution in [3.8, 4) is 0 Å². The molecule has 1 fully saturated rings. The van der Waals surface area contributed by atoms with Crippen molar-refractivity contribution in [2.24, 2.45) is 0 Å². The SMILES string of the molecule is CC(C)N(CCO)C(=O)C1CNCCO1. The van der Waals surface area contributed by atoms with Gasteiger partial charge in [0.2, 0.25) is 0 Å². The maximum Gasteiger partial charge on any atom is 0.253 e. The Morgan fingerprint density at radius 1 is 1.67 bits per heavy atom. The summed E-state index contributed by atoms with van der Waals surface area (Å²) in [5.74, 6) is -0.0359. The van der Waals surface area contributed by atoms with Gasteiger partial charge in [0.25, 0.3) is 5.91 Å². The summed E-state index contributed by atoms with van der Waals surface area (Å²) in [6.07, 6.45) is -0.396. The van der Waals surface area contributed by atoms with Gasteiger partial charge in [-0.15, -0.1) is 0 Å². The number of hydrogen-bond donors (Lipinski definition) is 2. The highest BCUT2D eigenvalue weighted by Crippen LogP contribution is 2.06. The van der Waals surface area contributed by atoms with E-state index in [1.165, 1.54) is 0 Å². The molecular formula is C10H20N2O3. The molecule has 1 aliphatic heterocycles. The molecule has 1 aliphatic rings. The molecule has 0 aromatic heterocycles. The minimum absolute atomic E-state index is 0.00985. The van der Waals surface area contributed by atoms with Gasteiger partial charge in [-0.05, 0) is 13.8 Å². The molecule has 1 unspecified atom stereocenters. The van der Waals surface area contributed by atoms with Crippen LogP contribution in [0.25, 0.3) is 0 Å². The van der Waals surface area contributed by atoms with Gasteiger partial charge in [0, 0.05) is 25.7 Å². The van der Waals surface area contributed by atoms with Crippen molar-refractivity contribution >= 4 is 5.91 Å². The van der Waals surface area contributed by atoms with Crippen LogP contribution in [-0.4, -0.2) is 60.9 Å². The van der Waals surface area contributed by atoms with Gasteiger partial charge < -0.3 is 20.1 Å². The van der Waals surface area contributed by atoms with Crippen molar-refractivity contribution in [2.75, 3.05) is 32.8 Å². The Hall–Kier alpha value is -0.650. The molecular weight excluding hydrogens is 196 g/mol. The molecule has 15 heavy (non-hydrogen) atoms. The zero-order chi connectivity index (χ0) is 11.3. The third-order valence-corrected chi connectivity index (χ3v) is 2.45. The Morgan fingerprint density at radius 3 is 2.87 bits per heavy atom. The Labute approximate surface area is 90.4 Å². The van der Waals surface area contributed by atoms with Crippen molar-refractivity contribution in [3.63, 3.8) is 0 Å². The van der Waals surface area contributed by atoms with Crippen LogP contribution in [0.5, 0.6) is 0 Å². The topological polar surface area (TPSA) is 61.8 Å². The third kappa shape index (κ3) is 3.44. The summed E-state index contributed by atoms with van der Waals surface area (Å²) in [4.78, 5) is 13.6. The minimum Gasteiger partial charge on any atom is -0.395 e. The summed E-state index contributed by atoms with van der Waals surface area (Å²) in [5.41, 5.74) is 0. The number of amides is 1. The molecule has 88 valence electrons. The lowest BCUT2D eigenvalue weighted by atomic mass is 10.2. The van der Waals surface area contributed by atoms with E-state index in [2.05, 4.69) is 5.32 Å². The Bertz CT molecular complexity index is 203. The average Bonchev–Trinajstić information content (AvgIpc) is 2.26. The van der Waals surface area contributed by atoms with Gasteiger partial charge in [-0.3, -0.25) is 4.79 Å². The zero-order valence-electron chi connectivity index (χ0n) is 9.40. The Kier molecular flexibility index (Phi) is 5.01. The van der Waals surface area contributed by atoms with Crippen molar-refractivity contribution in [1.29, 1.82) is 0 Å². The summed E-state index contributed by atoms with van der Waals surface area (Å²) >= 11 is 0. The molecule has 5 heteroatoms. The molecule has 1 atom stereocenters. The van der Waals surface area contributed by atoms with E-state index in [0.29, 0.717) is 19.7 Å². The highest BCUT2D eigenvalue weighted by atomic mass is 16.5. The second kappa shape index (κ2) is 6.05. The van der Waals surface area contributed by atoms with Gasteiger partial charge >= 0.3 is 0 Å². The number of nitrogens with zero attached hydrogens (tertiary/aromatic N) is 1. The second-order valence-electron chi connectivity index (χ2n) is 3.91. The predicted molar refractivity (Wildman–Crippen MR) is 56.5 cm³/mol. The molecule has 1 amide bonds. The first-order valence-corrected chi connectivity index (χ1v) is 5.40. The number of hydrogen-bond acceptors (Lipinski definition) is 4. The van der Waals surface area contributed by atoms with Crippen LogP contribution in [0.2, 0.25) is 0 Å². The van der Waals surface area contributed by atoms with Crippen LogP contribution in [0.15, 0.2) is 0 Å². The smallest absolute Gasteiger partial charge is 0.253 e. The fourth-order valence-electron chi connectivity index (χ4n) is 1.64. The highest BCUT2D eigenvalue weighted by Gasteiger charge is 2.27. The monoisotopic (exact) mass is 216 g/mol. The van der Waals surface area contributed by atoms with Gasteiger partial charge in [0.15, 0.2) is 0 Å². The Morgan fingerprint density at radius 2 is 2.40 bits per heavy atom. The number of aliphatic hydroxyl groups is 1. The largest absolute Gasteiger partial charge is 0.395 e. The molecule has 0 saturated carbocycles. The van der Waals surface area contributed by atoms with E-state index >= 15 is 0 Å². The van der Waals surface area contributed by atoms with Gasteiger partial charge in [-0.1, -0.05) is 0 Å². The summed E-state index contributed by atoms with van der Waals surface area (Å²) in [7, 11) is 0. The lowest BCUT2D eigenvalue weighted by molar-refractivity contribution is -0.147. The molecule has 1 saturated heterocycles. The van der Waals surface area contributed by atoms with E-state index in [1.807, 2.05) is 13.8 Å². The van der Waals surface area contributed by atoms with Crippen LogP contribution in [-0.2, 0) is 9.53 Å². The quantitative estimate of drug-likeness (QED) is 0.646. The number of carbonyl (C=O) groups is 1. The summed E-state index contributed by atoms with van der Waals surface area (Å²) in [6.45, 7) is 6.16. The van der Waals surface area contributed by atoms with E-state index in [4.69, 9.17) is 9.84 Å². The number of rotatable bonds is 4. The lowest BCUT2D eigenvalue weighted by Crippen LogP contribution is -2.51. The van der Waals surface area contributed by atoms with Crippen molar-refractivity contribution in [3.05, 3.63) is 0 Å². The molecule has 0 aromatic carbocycles. The average molecular weight is 216 g/mol. The van der Waals surface area contributed by atoms with Gasteiger partial charge in [0.1, 0.15) is 6.10 Å². The number of ether oxygens (including phenoxy) is 1. The molecule has 2 N–H and O–H groups in total. The predicted octanol–water partition coefficient (Wildman–Crippen LogP) is -0.796. The molecule has 5 nitrogen and oxygen atoms in total. The van der Waals surface area contributed by atoms with Gasteiger partial charge in [0.05, 0.1) is 13.2 Å². The number of nitrogens with one attached hydrogen (secondary N) is 1. The van der Waals surface area contributed by atoms with E-state index < -0.39 is 6.10 Å². The maximum absolute atomic E-state index is 12.0. The first kappa shape index (κ1) is 12.4. The number of aliphatic hydroxyl groups excluding tert-OH is 1. The van der Waals surface area contributed by atoms with Gasteiger partial charge in [-0.2, -0.15) is 0 Å². The van der Waals surface area contributed by atoms with Crippen LogP contribution >= 0.6 is 0 Å². The van der Waals surface area contributed by atoms with Crippen LogP contribution in [0.4, 0.5) is 0 Å². The van der Waals surface area contributed by atoms with E-state index in [-0.39, 0.29) is 18.6 Å². The lowest BCUT2D eigenvalue weighted by Gasteiger charge is -2.31. The molecule has 1 rings (SSSR count). The number of carbonyl (C=O) groups excluding carboxylic acids is 1. The molecule has 0 aliphatic carbocycles. The normalized spacial score (nSPS) is 21.7. The van der Waals surface area contributed by atoms with Crippen LogP contribution in [0.1, 0.15) is 13.8 Å². The van der Waals surface area contributed by atoms with E-state index in [1.54, 1.807) is 4.90 Å². The molecule has 0 aromatic rings. The summed E-state index contributed by atoms with van der Waals surface area (Å²) < 4.78 is 5.38. The molecule has 0 spiro atoms. The first-order valence-electron chi connectivity index (χ1n) is 5.40. The van der Waals surface area contributed by atoms with E-state index in [0.717, 1.165) is 6.54 Å². The molecule has 0 bridgehead atoms. The fraction of sp³-hybridized carbons (Fsp3) is 0.900. The maximum atomic E-state index is 12.0. The standard InChI is InChI=1S/C10H20N2O3/c1-8(2)12(4-5-13)10(14)9-7-11-3-6-15-9/h8-9,11,13H,3-7H2,1-2H3. The first-order chi connectivity index (χ1) is 7.16. The zero-order valence-corrected chi connectivity index (χ0v) is 9.40.